The zero-order chi connectivity index (χ0) is 22.8. The number of amides is 1. The molecule has 2 aromatic rings. The normalized spacial score (nSPS) is 15.1. The van der Waals surface area contributed by atoms with Crippen LogP contribution in [-0.4, -0.2) is 33.7 Å². The van der Waals surface area contributed by atoms with Crippen LogP contribution >= 0.6 is 11.6 Å². The van der Waals surface area contributed by atoms with Crippen LogP contribution in [0.4, 0.5) is 5.69 Å². The van der Waals surface area contributed by atoms with Gasteiger partial charge in [0.05, 0.1) is 25.1 Å². The summed E-state index contributed by atoms with van der Waals surface area (Å²) < 4.78 is 31.9. The number of nitrogens with zero attached hydrogens (tertiary/aromatic N) is 1. The lowest BCUT2D eigenvalue weighted by Gasteiger charge is -2.32. The van der Waals surface area contributed by atoms with Crippen LogP contribution in [0.2, 0.25) is 5.02 Å². The first kappa shape index (κ1) is 23.4. The van der Waals surface area contributed by atoms with E-state index in [1.807, 2.05) is 13.0 Å². The van der Waals surface area contributed by atoms with Gasteiger partial charge >= 0.3 is 0 Å². The number of methoxy groups -OCH3 is 1. The van der Waals surface area contributed by atoms with Gasteiger partial charge in [-0.05, 0) is 67.5 Å². The largest absolute Gasteiger partial charge is 0.495 e. The van der Waals surface area contributed by atoms with E-state index in [2.05, 4.69) is 17.4 Å². The number of carbonyl (C=O) groups is 1. The SMILES string of the molecule is CC[C@H](C(=O)N[C@@H](C)c1ccc2c(c1)CCC2)N(c1cc(Cl)ccc1OC)S(C)(=O)=O. The molecule has 0 bridgehead atoms. The van der Waals surface area contributed by atoms with Crippen LogP contribution in [0, 0.1) is 0 Å². The summed E-state index contributed by atoms with van der Waals surface area (Å²) in [6.45, 7) is 3.69. The van der Waals surface area contributed by atoms with Crippen LogP contribution < -0.4 is 14.4 Å². The first-order chi connectivity index (χ1) is 14.7. The topological polar surface area (TPSA) is 75.7 Å². The lowest BCUT2D eigenvalue weighted by molar-refractivity contribution is -0.122. The third kappa shape index (κ3) is 5.15. The summed E-state index contributed by atoms with van der Waals surface area (Å²) in [5, 5.41) is 3.35. The minimum Gasteiger partial charge on any atom is -0.495 e. The molecule has 1 aliphatic rings. The Morgan fingerprint density at radius 1 is 1.19 bits per heavy atom. The highest BCUT2D eigenvalue weighted by molar-refractivity contribution is 7.92. The van der Waals surface area contributed by atoms with Gasteiger partial charge in [-0.3, -0.25) is 9.10 Å². The van der Waals surface area contributed by atoms with E-state index in [1.165, 1.54) is 24.3 Å². The van der Waals surface area contributed by atoms with Crippen molar-refractivity contribution in [2.75, 3.05) is 17.7 Å². The highest BCUT2D eigenvalue weighted by Crippen LogP contribution is 2.35. The van der Waals surface area contributed by atoms with Crippen LogP contribution in [-0.2, 0) is 27.7 Å². The second-order valence-corrected chi connectivity index (χ2v) is 10.2. The Labute approximate surface area is 189 Å². The van der Waals surface area contributed by atoms with Gasteiger partial charge < -0.3 is 10.1 Å². The van der Waals surface area contributed by atoms with E-state index in [4.69, 9.17) is 16.3 Å². The number of hydrogen-bond donors (Lipinski definition) is 1. The van der Waals surface area contributed by atoms with E-state index in [1.54, 1.807) is 19.1 Å². The van der Waals surface area contributed by atoms with Crippen molar-refractivity contribution in [2.24, 2.45) is 0 Å². The van der Waals surface area contributed by atoms with Crippen molar-refractivity contribution in [1.29, 1.82) is 0 Å². The van der Waals surface area contributed by atoms with Crippen molar-refractivity contribution in [3.63, 3.8) is 0 Å². The predicted molar refractivity (Wildman–Crippen MR) is 124 cm³/mol. The molecule has 0 spiro atoms. The summed E-state index contributed by atoms with van der Waals surface area (Å²) in [6, 6.07) is 9.80. The van der Waals surface area contributed by atoms with Gasteiger partial charge in [-0.25, -0.2) is 8.42 Å². The molecular weight excluding hydrogens is 436 g/mol. The molecule has 0 heterocycles. The highest BCUT2D eigenvalue weighted by atomic mass is 35.5. The lowest BCUT2D eigenvalue weighted by Crippen LogP contribution is -2.49. The highest BCUT2D eigenvalue weighted by Gasteiger charge is 2.34. The van der Waals surface area contributed by atoms with E-state index in [-0.39, 0.29) is 24.1 Å². The summed E-state index contributed by atoms with van der Waals surface area (Å²) in [4.78, 5) is 13.2. The number of rotatable bonds is 8. The molecule has 3 rings (SSSR count). The quantitative estimate of drug-likeness (QED) is 0.633. The monoisotopic (exact) mass is 464 g/mol. The Morgan fingerprint density at radius 3 is 2.55 bits per heavy atom. The summed E-state index contributed by atoms with van der Waals surface area (Å²) in [7, 11) is -2.35. The van der Waals surface area contributed by atoms with Crippen LogP contribution in [0.3, 0.4) is 0 Å². The number of fused-ring (bicyclic) bond motifs is 1. The molecule has 0 saturated heterocycles. The van der Waals surface area contributed by atoms with Gasteiger partial charge in [-0.15, -0.1) is 0 Å². The number of ether oxygens (including phenoxy) is 1. The first-order valence-corrected chi connectivity index (χ1v) is 12.6. The molecule has 2 atom stereocenters. The van der Waals surface area contributed by atoms with Gasteiger partial charge in [0.1, 0.15) is 11.8 Å². The summed E-state index contributed by atoms with van der Waals surface area (Å²) in [5.41, 5.74) is 3.94. The van der Waals surface area contributed by atoms with Gasteiger partial charge in [-0.1, -0.05) is 36.7 Å². The second kappa shape index (κ2) is 9.49. The standard InChI is InChI=1S/C23H29ClN2O4S/c1-5-20(26(31(4,28)29)21-14-19(24)11-12-22(21)30-3)23(27)25-15(2)17-10-9-16-7-6-8-18(16)13-17/h9-15,20H,5-8H2,1-4H3,(H,25,27)/t15-,20+/m0/s1. The minimum atomic E-state index is -3.80. The van der Waals surface area contributed by atoms with E-state index in [0.29, 0.717) is 10.8 Å². The molecular formula is C23H29ClN2O4S. The smallest absolute Gasteiger partial charge is 0.244 e. The average Bonchev–Trinajstić information content (AvgIpc) is 3.18. The Morgan fingerprint density at radius 2 is 1.90 bits per heavy atom. The van der Waals surface area contributed by atoms with Crippen molar-refractivity contribution < 1.29 is 17.9 Å². The molecule has 0 radical (unpaired) electrons. The number of sulfonamides is 1. The van der Waals surface area contributed by atoms with E-state index >= 15 is 0 Å². The number of aryl methyl sites for hydroxylation is 2. The molecule has 6 nitrogen and oxygen atoms in total. The van der Waals surface area contributed by atoms with Gasteiger partial charge in [0.25, 0.3) is 0 Å². The maximum atomic E-state index is 13.2. The molecule has 8 heteroatoms. The van der Waals surface area contributed by atoms with E-state index < -0.39 is 16.1 Å². The number of hydrogen-bond acceptors (Lipinski definition) is 4. The van der Waals surface area contributed by atoms with Crippen molar-refractivity contribution >= 4 is 33.2 Å². The molecule has 0 unspecified atom stereocenters. The summed E-state index contributed by atoms with van der Waals surface area (Å²) >= 11 is 6.13. The minimum absolute atomic E-state index is 0.240. The molecule has 31 heavy (non-hydrogen) atoms. The number of nitrogens with one attached hydrogen (secondary N) is 1. The Balaban J connectivity index is 1.90. The molecule has 2 aromatic carbocycles. The molecule has 0 fully saturated rings. The molecule has 0 aromatic heterocycles. The molecule has 1 amide bonds. The molecule has 1 aliphatic carbocycles. The van der Waals surface area contributed by atoms with Crippen molar-refractivity contribution in [1.82, 2.24) is 5.32 Å². The molecule has 0 saturated carbocycles. The molecule has 168 valence electrons. The predicted octanol–water partition coefficient (Wildman–Crippen LogP) is 4.26. The Bertz CT molecular complexity index is 1070. The summed E-state index contributed by atoms with van der Waals surface area (Å²) in [6.07, 6.45) is 4.66. The fraction of sp³-hybridized carbons (Fsp3) is 0.435. The number of anilines is 1. The van der Waals surface area contributed by atoms with Crippen molar-refractivity contribution in [3.05, 3.63) is 58.1 Å². The van der Waals surface area contributed by atoms with Crippen molar-refractivity contribution in [3.8, 4) is 5.75 Å². The van der Waals surface area contributed by atoms with Crippen LogP contribution in [0.1, 0.15) is 49.4 Å². The van der Waals surface area contributed by atoms with Crippen LogP contribution in [0.25, 0.3) is 0 Å². The number of halogens is 1. The van der Waals surface area contributed by atoms with Gasteiger partial charge in [-0.2, -0.15) is 0 Å². The van der Waals surface area contributed by atoms with Crippen molar-refractivity contribution in [2.45, 2.75) is 51.6 Å². The fourth-order valence-corrected chi connectivity index (χ4v) is 5.50. The number of benzene rings is 2. The Hall–Kier alpha value is -2.25. The van der Waals surface area contributed by atoms with E-state index in [9.17, 15) is 13.2 Å². The molecule has 0 aliphatic heterocycles. The average molecular weight is 465 g/mol. The third-order valence-corrected chi connectivity index (χ3v) is 7.09. The maximum Gasteiger partial charge on any atom is 0.244 e. The van der Waals surface area contributed by atoms with Gasteiger partial charge in [0, 0.05) is 5.02 Å². The van der Waals surface area contributed by atoms with Gasteiger partial charge in [0.2, 0.25) is 15.9 Å². The Kier molecular flexibility index (Phi) is 7.17. The van der Waals surface area contributed by atoms with E-state index in [0.717, 1.165) is 35.4 Å². The molecule has 1 N–H and O–H groups in total. The zero-order valence-electron chi connectivity index (χ0n) is 18.3. The van der Waals surface area contributed by atoms with Gasteiger partial charge in [0.15, 0.2) is 0 Å². The lowest BCUT2D eigenvalue weighted by atomic mass is 10.0. The third-order valence-electron chi connectivity index (χ3n) is 5.69. The second-order valence-electron chi connectivity index (χ2n) is 7.91. The van der Waals surface area contributed by atoms with Crippen LogP contribution in [0.15, 0.2) is 36.4 Å². The summed E-state index contributed by atoms with van der Waals surface area (Å²) in [5.74, 6) is -0.0457. The van der Waals surface area contributed by atoms with Crippen LogP contribution in [0.5, 0.6) is 5.75 Å². The fourth-order valence-electron chi connectivity index (χ4n) is 4.12. The zero-order valence-corrected chi connectivity index (χ0v) is 19.9. The first-order valence-electron chi connectivity index (χ1n) is 10.4. The number of carbonyl (C=O) groups excluding carboxylic acids is 1. The maximum absolute atomic E-state index is 13.2.